The second-order valence-corrected chi connectivity index (χ2v) is 5.20. The van der Waals surface area contributed by atoms with Gasteiger partial charge in [0, 0.05) is 39.9 Å². The summed E-state index contributed by atoms with van der Waals surface area (Å²) in [4.78, 5) is 33.8. The number of piperazine rings is 1. The van der Waals surface area contributed by atoms with E-state index in [4.69, 9.17) is 0 Å². The van der Waals surface area contributed by atoms with E-state index in [1.54, 1.807) is 48.3 Å². The minimum atomic E-state index is -0.286. The van der Waals surface area contributed by atoms with Crippen LogP contribution in [-0.2, 0) is 4.79 Å². The first-order valence-corrected chi connectivity index (χ1v) is 6.62. The lowest BCUT2D eigenvalue weighted by Crippen LogP contribution is -2.58. The van der Waals surface area contributed by atoms with Crippen molar-refractivity contribution in [3.8, 4) is 0 Å². The number of hydrogen-bond acceptors (Lipinski definition) is 4. The Morgan fingerprint density at radius 3 is 2.65 bits per heavy atom. The van der Waals surface area contributed by atoms with E-state index in [9.17, 15) is 9.59 Å². The van der Waals surface area contributed by atoms with Crippen molar-refractivity contribution in [3.63, 3.8) is 0 Å². The van der Waals surface area contributed by atoms with Gasteiger partial charge in [0.2, 0.25) is 5.91 Å². The predicted octanol–water partition coefficient (Wildman–Crippen LogP) is -0.0740. The molecule has 0 aromatic carbocycles. The molecular formula is C14H20N4O2. The minimum absolute atomic E-state index is 0.0195. The highest BCUT2D eigenvalue weighted by Gasteiger charge is 2.33. The molecule has 0 saturated carbocycles. The SMILES string of the molecule is CN(C)C(=O)C1CN(C(=O)c2ccccn2)CCN1C. The molecule has 1 unspecified atom stereocenters. The third kappa shape index (κ3) is 2.96. The minimum Gasteiger partial charge on any atom is -0.347 e. The van der Waals surface area contributed by atoms with Gasteiger partial charge in [0.05, 0.1) is 0 Å². The average molecular weight is 276 g/mol. The molecule has 0 aliphatic carbocycles. The van der Waals surface area contributed by atoms with Crippen LogP contribution in [0.25, 0.3) is 0 Å². The van der Waals surface area contributed by atoms with Gasteiger partial charge in [-0.15, -0.1) is 0 Å². The van der Waals surface area contributed by atoms with E-state index < -0.39 is 0 Å². The molecule has 2 heterocycles. The molecule has 20 heavy (non-hydrogen) atoms. The summed E-state index contributed by atoms with van der Waals surface area (Å²) in [5, 5.41) is 0. The third-order valence-electron chi connectivity index (χ3n) is 3.55. The van der Waals surface area contributed by atoms with Crippen LogP contribution in [0, 0.1) is 0 Å². The molecule has 6 nitrogen and oxygen atoms in total. The lowest BCUT2D eigenvalue weighted by Gasteiger charge is -2.39. The molecular weight excluding hydrogens is 256 g/mol. The third-order valence-corrected chi connectivity index (χ3v) is 3.55. The number of hydrogen-bond donors (Lipinski definition) is 0. The molecule has 6 heteroatoms. The van der Waals surface area contributed by atoms with Crippen molar-refractivity contribution < 1.29 is 9.59 Å². The van der Waals surface area contributed by atoms with Gasteiger partial charge >= 0.3 is 0 Å². The van der Waals surface area contributed by atoms with Crippen LogP contribution in [0.1, 0.15) is 10.5 Å². The van der Waals surface area contributed by atoms with Gasteiger partial charge in [-0.2, -0.15) is 0 Å². The van der Waals surface area contributed by atoms with E-state index in [0.29, 0.717) is 25.3 Å². The summed E-state index contributed by atoms with van der Waals surface area (Å²) in [5.74, 6) is -0.0960. The van der Waals surface area contributed by atoms with Gasteiger partial charge in [-0.05, 0) is 19.2 Å². The van der Waals surface area contributed by atoms with Crippen LogP contribution in [0.2, 0.25) is 0 Å². The Morgan fingerprint density at radius 1 is 1.30 bits per heavy atom. The van der Waals surface area contributed by atoms with Gasteiger partial charge < -0.3 is 9.80 Å². The van der Waals surface area contributed by atoms with Crippen LogP contribution in [0.15, 0.2) is 24.4 Å². The fourth-order valence-electron chi connectivity index (χ4n) is 2.27. The Labute approximate surface area is 119 Å². The van der Waals surface area contributed by atoms with Crippen LogP contribution in [0.4, 0.5) is 0 Å². The Kier molecular flexibility index (Phi) is 4.34. The summed E-state index contributed by atoms with van der Waals surface area (Å²) in [7, 11) is 5.38. The molecule has 1 aromatic heterocycles. The maximum absolute atomic E-state index is 12.4. The fraction of sp³-hybridized carbons (Fsp3) is 0.500. The van der Waals surface area contributed by atoms with Gasteiger partial charge in [0.15, 0.2) is 0 Å². The number of amides is 2. The molecule has 1 aromatic rings. The lowest BCUT2D eigenvalue weighted by molar-refractivity contribution is -0.135. The van der Waals surface area contributed by atoms with Crippen molar-refractivity contribution in [2.24, 2.45) is 0 Å². The highest BCUT2D eigenvalue weighted by molar-refractivity contribution is 5.93. The zero-order valence-corrected chi connectivity index (χ0v) is 12.1. The van der Waals surface area contributed by atoms with E-state index in [1.807, 2.05) is 11.9 Å². The molecule has 1 aliphatic rings. The van der Waals surface area contributed by atoms with Gasteiger partial charge in [-0.1, -0.05) is 6.07 Å². The van der Waals surface area contributed by atoms with Crippen molar-refractivity contribution in [2.45, 2.75) is 6.04 Å². The smallest absolute Gasteiger partial charge is 0.272 e. The summed E-state index contributed by atoms with van der Waals surface area (Å²) < 4.78 is 0. The first-order valence-electron chi connectivity index (χ1n) is 6.62. The number of rotatable bonds is 2. The largest absolute Gasteiger partial charge is 0.347 e. The van der Waals surface area contributed by atoms with Gasteiger partial charge in [0.1, 0.15) is 11.7 Å². The second-order valence-electron chi connectivity index (χ2n) is 5.20. The van der Waals surface area contributed by atoms with E-state index in [-0.39, 0.29) is 17.9 Å². The fourth-order valence-corrected chi connectivity index (χ4v) is 2.27. The summed E-state index contributed by atoms with van der Waals surface area (Å²) in [6, 6.07) is 4.98. The van der Waals surface area contributed by atoms with E-state index in [0.717, 1.165) is 0 Å². The van der Waals surface area contributed by atoms with Crippen LogP contribution >= 0.6 is 0 Å². The Morgan fingerprint density at radius 2 is 2.05 bits per heavy atom. The molecule has 0 N–H and O–H groups in total. The van der Waals surface area contributed by atoms with E-state index >= 15 is 0 Å². The Bertz CT molecular complexity index is 489. The molecule has 2 rings (SSSR count). The van der Waals surface area contributed by atoms with Crippen LogP contribution in [0.3, 0.4) is 0 Å². The first kappa shape index (κ1) is 14.5. The van der Waals surface area contributed by atoms with Crippen molar-refractivity contribution >= 4 is 11.8 Å². The number of carbonyl (C=O) groups excluding carboxylic acids is 2. The van der Waals surface area contributed by atoms with Gasteiger partial charge in [-0.3, -0.25) is 19.5 Å². The molecule has 0 radical (unpaired) electrons. The number of likely N-dealkylation sites (N-methyl/N-ethyl adjacent to an activating group) is 2. The summed E-state index contributed by atoms with van der Waals surface area (Å²) in [6.45, 7) is 1.70. The van der Waals surface area contributed by atoms with Crippen molar-refractivity contribution in [1.29, 1.82) is 0 Å². The Hall–Kier alpha value is -1.95. The maximum atomic E-state index is 12.4. The van der Waals surface area contributed by atoms with Gasteiger partial charge in [-0.25, -0.2) is 0 Å². The highest BCUT2D eigenvalue weighted by atomic mass is 16.2. The molecule has 2 amide bonds. The predicted molar refractivity (Wildman–Crippen MR) is 75.3 cm³/mol. The van der Waals surface area contributed by atoms with Crippen LogP contribution < -0.4 is 0 Å². The number of pyridine rings is 1. The quantitative estimate of drug-likeness (QED) is 0.758. The molecule has 1 saturated heterocycles. The van der Waals surface area contributed by atoms with Crippen molar-refractivity contribution in [1.82, 2.24) is 19.7 Å². The summed E-state index contributed by atoms with van der Waals surface area (Å²) in [5.41, 5.74) is 0.424. The van der Waals surface area contributed by atoms with E-state index in [1.165, 1.54) is 0 Å². The zero-order valence-electron chi connectivity index (χ0n) is 12.1. The summed E-state index contributed by atoms with van der Waals surface area (Å²) in [6.07, 6.45) is 1.60. The van der Waals surface area contributed by atoms with Crippen LogP contribution in [0.5, 0.6) is 0 Å². The topological polar surface area (TPSA) is 56.8 Å². The maximum Gasteiger partial charge on any atom is 0.272 e. The second kappa shape index (κ2) is 6.00. The number of nitrogens with zero attached hydrogens (tertiary/aromatic N) is 4. The van der Waals surface area contributed by atoms with Crippen molar-refractivity contribution in [3.05, 3.63) is 30.1 Å². The van der Waals surface area contributed by atoms with Gasteiger partial charge in [0.25, 0.3) is 5.91 Å². The standard InChI is InChI=1S/C14H20N4O2/c1-16(2)14(20)12-10-18(9-8-17(12)3)13(19)11-6-4-5-7-15-11/h4-7,12H,8-10H2,1-3H3. The normalized spacial score (nSPS) is 19.8. The molecule has 0 bridgehead atoms. The average Bonchev–Trinajstić information content (AvgIpc) is 2.47. The molecule has 108 valence electrons. The molecule has 1 atom stereocenters. The van der Waals surface area contributed by atoms with Crippen molar-refractivity contribution in [2.75, 3.05) is 40.8 Å². The molecule has 1 fully saturated rings. The summed E-state index contributed by atoms with van der Waals surface area (Å²) >= 11 is 0. The Balaban J connectivity index is 2.11. The first-order chi connectivity index (χ1) is 9.50. The highest BCUT2D eigenvalue weighted by Crippen LogP contribution is 2.12. The zero-order chi connectivity index (χ0) is 14.7. The number of carbonyl (C=O) groups is 2. The van der Waals surface area contributed by atoms with Crippen LogP contribution in [-0.4, -0.2) is 78.3 Å². The molecule has 0 spiro atoms. The number of aromatic nitrogens is 1. The molecule has 1 aliphatic heterocycles. The van der Waals surface area contributed by atoms with E-state index in [2.05, 4.69) is 4.98 Å². The lowest BCUT2D eigenvalue weighted by atomic mass is 10.1. The monoisotopic (exact) mass is 276 g/mol.